The van der Waals surface area contributed by atoms with Gasteiger partial charge in [-0.05, 0) is 12.8 Å². The van der Waals surface area contributed by atoms with Crippen LogP contribution in [0.3, 0.4) is 0 Å². The van der Waals surface area contributed by atoms with Gasteiger partial charge >= 0.3 is 0 Å². The van der Waals surface area contributed by atoms with E-state index in [9.17, 15) is 8.42 Å². The van der Waals surface area contributed by atoms with Crippen molar-refractivity contribution < 1.29 is 8.42 Å². The van der Waals surface area contributed by atoms with Gasteiger partial charge in [0.2, 0.25) is 10.0 Å². The summed E-state index contributed by atoms with van der Waals surface area (Å²) in [6.45, 7) is 4.79. The van der Waals surface area contributed by atoms with Gasteiger partial charge < -0.3 is 0 Å². The average molecular weight is 226 g/mol. The molecule has 5 heteroatoms. The summed E-state index contributed by atoms with van der Waals surface area (Å²) in [6, 6.07) is 0. The molecule has 0 aliphatic carbocycles. The highest BCUT2D eigenvalue weighted by atomic mass is 35.5. The van der Waals surface area contributed by atoms with E-state index in [1.165, 1.54) is 4.31 Å². The van der Waals surface area contributed by atoms with Gasteiger partial charge in [-0.15, -0.1) is 11.6 Å². The molecular formula is C8H16ClNO2S. The molecule has 0 aromatic rings. The van der Waals surface area contributed by atoms with Gasteiger partial charge in [0.05, 0.1) is 11.1 Å². The Bertz CT molecular complexity index is 265. The second-order valence-electron chi connectivity index (χ2n) is 3.40. The number of hydrogen-bond acceptors (Lipinski definition) is 2. The van der Waals surface area contributed by atoms with Crippen molar-refractivity contribution in [3.63, 3.8) is 0 Å². The van der Waals surface area contributed by atoms with Gasteiger partial charge in [0, 0.05) is 13.1 Å². The van der Waals surface area contributed by atoms with E-state index in [4.69, 9.17) is 11.6 Å². The highest BCUT2D eigenvalue weighted by Gasteiger charge is 2.35. The molecule has 1 aliphatic rings. The zero-order valence-corrected chi connectivity index (χ0v) is 9.61. The molecular weight excluding hydrogens is 210 g/mol. The lowest BCUT2D eigenvalue weighted by Crippen LogP contribution is -2.30. The van der Waals surface area contributed by atoms with Crippen LogP contribution in [-0.2, 0) is 10.0 Å². The van der Waals surface area contributed by atoms with E-state index < -0.39 is 10.0 Å². The lowest BCUT2D eigenvalue weighted by atomic mass is 10.1. The zero-order chi connectivity index (χ0) is 10.1. The summed E-state index contributed by atoms with van der Waals surface area (Å²) in [5, 5.41) is -0.00803. The minimum absolute atomic E-state index is 0.00803. The van der Waals surface area contributed by atoms with Gasteiger partial charge in [-0.1, -0.05) is 13.3 Å². The summed E-state index contributed by atoms with van der Waals surface area (Å²) in [5.41, 5.74) is 0. The Labute approximate surface area is 85.1 Å². The smallest absolute Gasteiger partial charge is 0.212 e. The number of hydrogen-bond donors (Lipinski definition) is 0. The van der Waals surface area contributed by atoms with E-state index in [0.717, 1.165) is 6.42 Å². The first-order chi connectivity index (χ1) is 6.01. The third-order valence-corrected chi connectivity index (χ3v) is 4.92. The Morgan fingerprint density at radius 2 is 2.00 bits per heavy atom. The molecule has 0 N–H and O–H groups in total. The predicted molar refractivity (Wildman–Crippen MR) is 54.5 cm³/mol. The predicted octanol–water partition coefficient (Wildman–Crippen LogP) is 1.29. The number of rotatable bonds is 3. The van der Waals surface area contributed by atoms with Crippen molar-refractivity contribution in [2.45, 2.75) is 25.6 Å². The summed E-state index contributed by atoms with van der Waals surface area (Å²) < 4.78 is 24.5. The van der Waals surface area contributed by atoms with Crippen LogP contribution >= 0.6 is 11.6 Å². The lowest BCUT2D eigenvalue weighted by Gasteiger charge is -2.13. The summed E-state index contributed by atoms with van der Waals surface area (Å²) >= 11 is 6.03. The molecule has 0 amide bonds. The second kappa shape index (κ2) is 4.15. The Morgan fingerprint density at radius 3 is 2.38 bits per heavy atom. The monoisotopic (exact) mass is 225 g/mol. The molecule has 2 atom stereocenters. The van der Waals surface area contributed by atoms with Gasteiger partial charge in [0.25, 0.3) is 0 Å². The van der Waals surface area contributed by atoms with Crippen molar-refractivity contribution in [3.8, 4) is 0 Å². The first-order valence-electron chi connectivity index (χ1n) is 4.63. The SMILES string of the molecule is CCC1CN(S(=O)(=O)CC)CC1Cl. The van der Waals surface area contributed by atoms with Gasteiger partial charge in [-0.25, -0.2) is 12.7 Å². The van der Waals surface area contributed by atoms with Crippen LogP contribution < -0.4 is 0 Å². The topological polar surface area (TPSA) is 37.4 Å². The van der Waals surface area contributed by atoms with Crippen LogP contribution in [0, 0.1) is 5.92 Å². The van der Waals surface area contributed by atoms with Gasteiger partial charge in [0.15, 0.2) is 0 Å². The molecule has 13 heavy (non-hydrogen) atoms. The molecule has 1 rings (SSSR count). The minimum atomic E-state index is -3.02. The maximum Gasteiger partial charge on any atom is 0.213 e. The van der Waals surface area contributed by atoms with E-state index >= 15 is 0 Å². The number of alkyl halides is 1. The van der Waals surface area contributed by atoms with Crippen LogP contribution in [-0.4, -0.2) is 36.9 Å². The van der Waals surface area contributed by atoms with E-state index in [0.29, 0.717) is 19.0 Å². The molecule has 1 heterocycles. The summed E-state index contributed by atoms with van der Waals surface area (Å²) in [6.07, 6.45) is 0.948. The molecule has 0 radical (unpaired) electrons. The molecule has 0 aromatic heterocycles. The fourth-order valence-corrected chi connectivity index (χ4v) is 3.27. The Morgan fingerprint density at radius 1 is 1.38 bits per heavy atom. The number of nitrogens with zero attached hydrogens (tertiary/aromatic N) is 1. The van der Waals surface area contributed by atoms with Crippen molar-refractivity contribution in [1.29, 1.82) is 0 Å². The fourth-order valence-electron chi connectivity index (χ4n) is 1.59. The number of sulfonamides is 1. The molecule has 1 saturated heterocycles. The van der Waals surface area contributed by atoms with Gasteiger partial charge in [0.1, 0.15) is 0 Å². The zero-order valence-electron chi connectivity index (χ0n) is 8.03. The van der Waals surface area contributed by atoms with E-state index in [1.54, 1.807) is 6.92 Å². The maximum absolute atomic E-state index is 11.5. The van der Waals surface area contributed by atoms with E-state index in [-0.39, 0.29) is 11.1 Å². The second-order valence-corrected chi connectivity index (χ2v) is 6.22. The van der Waals surface area contributed by atoms with Crippen molar-refractivity contribution in [2.75, 3.05) is 18.8 Å². The molecule has 3 nitrogen and oxygen atoms in total. The van der Waals surface area contributed by atoms with Crippen LogP contribution in [0.5, 0.6) is 0 Å². The van der Waals surface area contributed by atoms with Crippen molar-refractivity contribution >= 4 is 21.6 Å². The van der Waals surface area contributed by atoms with Crippen LogP contribution in [0.1, 0.15) is 20.3 Å². The first kappa shape index (κ1) is 11.3. The standard InChI is InChI=1S/C8H16ClNO2S/c1-3-7-5-10(6-8(7)9)13(11,12)4-2/h7-8H,3-6H2,1-2H3. The minimum Gasteiger partial charge on any atom is -0.212 e. The number of halogens is 1. The normalized spacial score (nSPS) is 31.0. The third kappa shape index (κ3) is 2.36. The summed E-state index contributed by atoms with van der Waals surface area (Å²) in [7, 11) is -3.02. The van der Waals surface area contributed by atoms with E-state index in [2.05, 4.69) is 0 Å². The molecule has 2 unspecified atom stereocenters. The van der Waals surface area contributed by atoms with Crippen LogP contribution in [0.15, 0.2) is 0 Å². The molecule has 0 spiro atoms. The third-order valence-electron chi connectivity index (χ3n) is 2.61. The van der Waals surface area contributed by atoms with Gasteiger partial charge in [-0.3, -0.25) is 0 Å². The Kier molecular flexibility index (Phi) is 3.60. The van der Waals surface area contributed by atoms with Gasteiger partial charge in [-0.2, -0.15) is 0 Å². The summed E-state index contributed by atoms with van der Waals surface area (Å²) in [5.74, 6) is 0.496. The maximum atomic E-state index is 11.5. The summed E-state index contributed by atoms with van der Waals surface area (Å²) in [4.78, 5) is 0. The molecule has 0 bridgehead atoms. The lowest BCUT2D eigenvalue weighted by molar-refractivity contribution is 0.454. The molecule has 0 saturated carbocycles. The average Bonchev–Trinajstić information content (AvgIpc) is 2.47. The van der Waals surface area contributed by atoms with E-state index in [1.807, 2.05) is 6.92 Å². The van der Waals surface area contributed by atoms with Crippen LogP contribution in [0.4, 0.5) is 0 Å². The molecule has 78 valence electrons. The van der Waals surface area contributed by atoms with Crippen molar-refractivity contribution in [1.82, 2.24) is 4.31 Å². The highest BCUT2D eigenvalue weighted by molar-refractivity contribution is 7.89. The van der Waals surface area contributed by atoms with Crippen LogP contribution in [0.25, 0.3) is 0 Å². The molecule has 1 fully saturated rings. The van der Waals surface area contributed by atoms with Crippen LogP contribution in [0.2, 0.25) is 0 Å². The van der Waals surface area contributed by atoms with Crippen molar-refractivity contribution in [2.24, 2.45) is 5.92 Å². The quantitative estimate of drug-likeness (QED) is 0.679. The largest absolute Gasteiger partial charge is 0.213 e. The molecule has 1 aliphatic heterocycles. The first-order valence-corrected chi connectivity index (χ1v) is 6.67. The van der Waals surface area contributed by atoms with Crippen molar-refractivity contribution in [3.05, 3.63) is 0 Å². The highest BCUT2D eigenvalue weighted by Crippen LogP contribution is 2.26. The molecule has 0 aromatic carbocycles. The fraction of sp³-hybridized carbons (Fsp3) is 1.00. The Hall–Kier alpha value is 0.200. The Balaban J connectivity index is 2.68.